The molecule has 0 aliphatic heterocycles. The molecule has 18 heavy (non-hydrogen) atoms. The van der Waals surface area contributed by atoms with Gasteiger partial charge in [-0.15, -0.1) is 0 Å². The third-order valence-electron chi connectivity index (χ3n) is 2.88. The SMILES string of the molecule is O=C(O)CCN(C(=O)C1CC1)c1ccc(Cl)cc1. The van der Waals surface area contributed by atoms with Crippen molar-refractivity contribution in [2.24, 2.45) is 5.92 Å². The Balaban J connectivity index is 2.14. The highest BCUT2D eigenvalue weighted by atomic mass is 35.5. The number of halogens is 1. The van der Waals surface area contributed by atoms with Crippen molar-refractivity contribution in [2.75, 3.05) is 11.4 Å². The van der Waals surface area contributed by atoms with E-state index in [1.807, 2.05) is 0 Å². The Kier molecular flexibility index (Phi) is 3.87. The van der Waals surface area contributed by atoms with Gasteiger partial charge in [0.25, 0.3) is 0 Å². The normalized spacial score (nSPS) is 14.3. The Hall–Kier alpha value is -1.55. The zero-order chi connectivity index (χ0) is 13.1. The number of carbonyl (C=O) groups is 2. The first-order valence-corrected chi connectivity index (χ1v) is 6.24. The molecule has 0 spiro atoms. The molecule has 0 atom stereocenters. The van der Waals surface area contributed by atoms with Gasteiger partial charge in [0.2, 0.25) is 5.91 Å². The van der Waals surface area contributed by atoms with Crippen molar-refractivity contribution in [3.05, 3.63) is 29.3 Å². The number of amides is 1. The summed E-state index contributed by atoms with van der Waals surface area (Å²) in [5.74, 6) is -0.828. The van der Waals surface area contributed by atoms with Crippen LogP contribution in [-0.4, -0.2) is 23.5 Å². The van der Waals surface area contributed by atoms with Crippen molar-refractivity contribution in [1.29, 1.82) is 0 Å². The van der Waals surface area contributed by atoms with Crippen LogP contribution in [0.1, 0.15) is 19.3 Å². The number of benzene rings is 1. The lowest BCUT2D eigenvalue weighted by atomic mass is 10.2. The maximum atomic E-state index is 12.1. The molecule has 5 heteroatoms. The number of anilines is 1. The van der Waals surface area contributed by atoms with E-state index in [1.165, 1.54) is 0 Å². The summed E-state index contributed by atoms with van der Waals surface area (Å²) in [5, 5.41) is 9.32. The molecule has 2 rings (SSSR count). The maximum absolute atomic E-state index is 12.1. The van der Waals surface area contributed by atoms with E-state index in [-0.39, 0.29) is 24.8 Å². The highest BCUT2D eigenvalue weighted by Crippen LogP contribution is 2.33. The van der Waals surface area contributed by atoms with Gasteiger partial charge in [0, 0.05) is 23.2 Å². The fourth-order valence-electron chi connectivity index (χ4n) is 1.75. The van der Waals surface area contributed by atoms with Crippen LogP contribution in [0.4, 0.5) is 5.69 Å². The summed E-state index contributed by atoms with van der Waals surface area (Å²) in [6.45, 7) is 0.201. The number of carboxylic acid groups (broad SMARTS) is 1. The molecular weight excluding hydrogens is 254 g/mol. The van der Waals surface area contributed by atoms with E-state index in [0.29, 0.717) is 10.7 Å². The summed E-state index contributed by atoms with van der Waals surface area (Å²) in [6.07, 6.45) is 1.74. The fraction of sp³-hybridized carbons (Fsp3) is 0.385. The molecule has 1 N–H and O–H groups in total. The molecular formula is C13H14ClNO3. The van der Waals surface area contributed by atoms with Gasteiger partial charge in [-0.25, -0.2) is 0 Å². The van der Waals surface area contributed by atoms with Crippen LogP contribution < -0.4 is 4.90 Å². The average molecular weight is 268 g/mol. The number of hydrogen-bond donors (Lipinski definition) is 1. The summed E-state index contributed by atoms with van der Waals surface area (Å²) in [4.78, 5) is 24.3. The fourth-order valence-corrected chi connectivity index (χ4v) is 1.87. The molecule has 1 saturated carbocycles. The Morgan fingerprint density at radius 3 is 2.39 bits per heavy atom. The number of hydrogen-bond acceptors (Lipinski definition) is 2. The lowest BCUT2D eigenvalue weighted by molar-refractivity contribution is -0.136. The second kappa shape index (κ2) is 5.40. The third-order valence-corrected chi connectivity index (χ3v) is 3.13. The van der Waals surface area contributed by atoms with Crippen molar-refractivity contribution in [3.8, 4) is 0 Å². The van der Waals surface area contributed by atoms with Gasteiger partial charge in [0.05, 0.1) is 6.42 Å². The van der Waals surface area contributed by atoms with Gasteiger partial charge in [-0.3, -0.25) is 9.59 Å². The van der Waals surface area contributed by atoms with E-state index < -0.39 is 5.97 Å². The number of aliphatic carboxylic acids is 1. The van der Waals surface area contributed by atoms with E-state index in [4.69, 9.17) is 16.7 Å². The van der Waals surface area contributed by atoms with Crippen molar-refractivity contribution in [3.63, 3.8) is 0 Å². The first-order chi connectivity index (χ1) is 8.58. The predicted octanol–water partition coefficient (Wildman–Crippen LogP) is 2.56. The summed E-state index contributed by atoms with van der Waals surface area (Å²) < 4.78 is 0. The number of carbonyl (C=O) groups excluding carboxylic acids is 1. The molecule has 1 aromatic rings. The van der Waals surface area contributed by atoms with Gasteiger partial charge in [-0.2, -0.15) is 0 Å². The molecule has 1 fully saturated rings. The lowest BCUT2D eigenvalue weighted by Gasteiger charge is -2.22. The van der Waals surface area contributed by atoms with E-state index in [0.717, 1.165) is 12.8 Å². The van der Waals surface area contributed by atoms with Gasteiger partial charge in [0.15, 0.2) is 0 Å². The number of carboxylic acids is 1. The van der Waals surface area contributed by atoms with Crippen LogP contribution in [0, 0.1) is 5.92 Å². The molecule has 0 unspecified atom stereocenters. The summed E-state index contributed by atoms with van der Waals surface area (Å²) in [6, 6.07) is 6.88. The molecule has 1 aliphatic carbocycles. The van der Waals surface area contributed by atoms with Crippen molar-refractivity contribution < 1.29 is 14.7 Å². The van der Waals surface area contributed by atoms with E-state index in [2.05, 4.69) is 0 Å². The Morgan fingerprint density at radius 2 is 1.89 bits per heavy atom. The molecule has 0 heterocycles. The monoisotopic (exact) mass is 267 g/mol. The summed E-state index contributed by atoms with van der Waals surface area (Å²) in [7, 11) is 0. The smallest absolute Gasteiger partial charge is 0.305 e. The predicted molar refractivity (Wildman–Crippen MR) is 68.8 cm³/mol. The second-order valence-corrected chi connectivity index (χ2v) is 4.82. The number of rotatable bonds is 5. The van der Waals surface area contributed by atoms with Crippen LogP contribution in [-0.2, 0) is 9.59 Å². The van der Waals surface area contributed by atoms with Crippen LogP contribution in [0.15, 0.2) is 24.3 Å². The first kappa shape index (κ1) is 12.9. The minimum absolute atomic E-state index is 0.0126. The van der Waals surface area contributed by atoms with Crippen LogP contribution in [0.2, 0.25) is 5.02 Å². The van der Waals surface area contributed by atoms with Crippen molar-refractivity contribution in [1.82, 2.24) is 0 Å². The Morgan fingerprint density at radius 1 is 1.28 bits per heavy atom. The van der Waals surface area contributed by atoms with Gasteiger partial charge in [-0.1, -0.05) is 11.6 Å². The maximum Gasteiger partial charge on any atom is 0.305 e. The lowest BCUT2D eigenvalue weighted by Crippen LogP contribution is -2.34. The molecule has 1 aromatic carbocycles. The van der Waals surface area contributed by atoms with E-state index in [1.54, 1.807) is 29.2 Å². The van der Waals surface area contributed by atoms with Gasteiger partial charge < -0.3 is 10.0 Å². The molecule has 0 radical (unpaired) electrons. The third kappa shape index (κ3) is 3.23. The van der Waals surface area contributed by atoms with Gasteiger partial charge in [-0.05, 0) is 37.1 Å². The summed E-state index contributed by atoms with van der Waals surface area (Å²) >= 11 is 5.80. The minimum Gasteiger partial charge on any atom is -0.481 e. The second-order valence-electron chi connectivity index (χ2n) is 4.38. The first-order valence-electron chi connectivity index (χ1n) is 5.86. The molecule has 0 aromatic heterocycles. The van der Waals surface area contributed by atoms with E-state index >= 15 is 0 Å². The standard InChI is InChI=1S/C13H14ClNO3/c14-10-3-5-11(6-4-10)15(8-7-12(16)17)13(18)9-1-2-9/h3-6,9H,1-2,7-8H2,(H,16,17). The summed E-state index contributed by atoms with van der Waals surface area (Å²) in [5.41, 5.74) is 0.706. The highest BCUT2D eigenvalue weighted by molar-refractivity contribution is 6.30. The van der Waals surface area contributed by atoms with Crippen LogP contribution in [0.3, 0.4) is 0 Å². The topological polar surface area (TPSA) is 57.6 Å². The molecule has 4 nitrogen and oxygen atoms in total. The van der Waals surface area contributed by atoms with Gasteiger partial charge >= 0.3 is 5.97 Å². The Bertz CT molecular complexity index is 454. The van der Waals surface area contributed by atoms with Gasteiger partial charge in [0.1, 0.15) is 0 Å². The molecule has 1 aliphatic rings. The zero-order valence-corrected chi connectivity index (χ0v) is 10.6. The minimum atomic E-state index is -0.905. The quantitative estimate of drug-likeness (QED) is 0.892. The van der Waals surface area contributed by atoms with Crippen LogP contribution in [0.25, 0.3) is 0 Å². The largest absolute Gasteiger partial charge is 0.481 e. The van der Waals surface area contributed by atoms with Crippen LogP contribution >= 0.6 is 11.6 Å². The highest BCUT2D eigenvalue weighted by Gasteiger charge is 2.34. The van der Waals surface area contributed by atoms with E-state index in [9.17, 15) is 9.59 Å². The molecule has 96 valence electrons. The Labute approximate surface area is 110 Å². The molecule has 0 saturated heterocycles. The van der Waals surface area contributed by atoms with Crippen molar-refractivity contribution >= 4 is 29.2 Å². The molecule has 1 amide bonds. The molecule has 0 bridgehead atoms. The number of nitrogens with zero attached hydrogens (tertiary/aromatic N) is 1. The van der Waals surface area contributed by atoms with Crippen molar-refractivity contribution in [2.45, 2.75) is 19.3 Å². The average Bonchev–Trinajstić information content (AvgIpc) is 3.15. The zero-order valence-electron chi connectivity index (χ0n) is 9.80. The van der Waals surface area contributed by atoms with Crippen LogP contribution in [0.5, 0.6) is 0 Å².